The molecule has 2 amide bonds. The number of benzene rings is 1. The molecule has 1 aromatic carbocycles. The topological polar surface area (TPSA) is 59.6 Å². The summed E-state index contributed by atoms with van der Waals surface area (Å²) in [5.74, 6) is 1.48. The van der Waals surface area contributed by atoms with E-state index >= 15 is 0 Å². The fourth-order valence-corrected chi connectivity index (χ4v) is 3.19. The lowest BCUT2D eigenvalue weighted by Gasteiger charge is -2.21. The molecule has 1 aliphatic rings. The standard InChI is InChI=1S/C17H20N2O3S/c1-11(13-5-6-14-15(10-13)22-8-7-21-14)18-17(20)19-12(2)16-4-3-9-23-16/h3-6,9-12H,7-8H2,1-2H3,(H2,18,19,20)/t11-,12-/m1/s1. The zero-order valence-electron chi connectivity index (χ0n) is 13.2. The van der Waals surface area contributed by atoms with Crippen LogP contribution in [0.2, 0.25) is 0 Å². The maximum absolute atomic E-state index is 12.1. The maximum Gasteiger partial charge on any atom is 0.315 e. The third kappa shape index (κ3) is 3.76. The third-order valence-corrected chi connectivity index (χ3v) is 4.79. The third-order valence-electron chi connectivity index (χ3n) is 3.73. The number of nitrogens with one attached hydrogen (secondary N) is 2. The van der Waals surface area contributed by atoms with E-state index in [9.17, 15) is 4.79 Å². The highest BCUT2D eigenvalue weighted by Crippen LogP contribution is 2.32. The van der Waals surface area contributed by atoms with Crippen LogP contribution < -0.4 is 20.1 Å². The Bertz CT molecular complexity index is 672. The molecule has 23 heavy (non-hydrogen) atoms. The van der Waals surface area contributed by atoms with Gasteiger partial charge in [-0.15, -0.1) is 11.3 Å². The Labute approximate surface area is 139 Å². The van der Waals surface area contributed by atoms with E-state index in [1.807, 2.05) is 49.6 Å². The lowest BCUT2D eigenvalue weighted by molar-refractivity contribution is 0.171. The Morgan fingerprint density at radius 1 is 1.09 bits per heavy atom. The highest BCUT2D eigenvalue weighted by molar-refractivity contribution is 7.10. The van der Waals surface area contributed by atoms with Crippen molar-refractivity contribution >= 4 is 17.4 Å². The molecule has 122 valence electrons. The highest BCUT2D eigenvalue weighted by atomic mass is 32.1. The van der Waals surface area contributed by atoms with Crippen LogP contribution in [0.1, 0.15) is 36.4 Å². The van der Waals surface area contributed by atoms with Crippen LogP contribution in [0, 0.1) is 0 Å². The fraction of sp³-hybridized carbons (Fsp3) is 0.353. The minimum atomic E-state index is -0.187. The Kier molecular flexibility index (Phi) is 4.71. The largest absolute Gasteiger partial charge is 0.486 e. The first-order chi connectivity index (χ1) is 11.1. The van der Waals surface area contributed by atoms with Gasteiger partial charge in [0.1, 0.15) is 13.2 Å². The van der Waals surface area contributed by atoms with E-state index in [0.717, 1.165) is 21.9 Å². The van der Waals surface area contributed by atoms with Gasteiger partial charge < -0.3 is 20.1 Å². The van der Waals surface area contributed by atoms with Gasteiger partial charge in [0.15, 0.2) is 11.5 Å². The van der Waals surface area contributed by atoms with E-state index in [-0.39, 0.29) is 18.1 Å². The van der Waals surface area contributed by atoms with Crippen LogP contribution in [0.4, 0.5) is 4.79 Å². The summed E-state index contributed by atoms with van der Waals surface area (Å²) >= 11 is 1.63. The Balaban J connectivity index is 1.60. The van der Waals surface area contributed by atoms with Crippen molar-refractivity contribution in [1.29, 1.82) is 0 Å². The number of thiophene rings is 1. The van der Waals surface area contributed by atoms with Crippen molar-refractivity contribution in [2.45, 2.75) is 25.9 Å². The predicted octanol–water partition coefficient (Wildman–Crippen LogP) is 3.64. The molecular formula is C17H20N2O3S. The van der Waals surface area contributed by atoms with Crippen molar-refractivity contribution in [2.24, 2.45) is 0 Å². The molecule has 0 saturated heterocycles. The van der Waals surface area contributed by atoms with E-state index < -0.39 is 0 Å². The van der Waals surface area contributed by atoms with Gasteiger partial charge in [0.2, 0.25) is 0 Å². The van der Waals surface area contributed by atoms with Gasteiger partial charge in [0.25, 0.3) is 0 Å². The van der Waals surface area contributed by atoms with Crippen LogP contribution in [0.5, 0.6) is 11.5 Å². The molecule has 0 unspecified atom stereocenters. The first-order valence-corrected chi connectivity index (χ1v) is 8.51. The van der Waals surface area contributed by atoms with E-state index in [1.54, 1.807) is 11.3 Å². The van der Waals surface area contributed by atoms with Crippen LogP contribution in [0.3, 0.4) is 0 Å². The van der Waals surface area contributed by atoms with Gasteiger partial charge in [-0.25, -0.2) is 4.79 Å². The van der Waals surface area contributed by atoms with Crippen molar-refractivity contribution in [3.05, 3.63) is 46.2 Å². The first-order valence-electron chi connectivity index (χ1n) is 7.63. The van der Waals surface area contributed by atoms with E-state index in [1.165, 1.54) is 0 Å². The molecule has 2 atom stereocenters. The summed E-state index contributed by atoms with van der Waals surface area (Å²) in [5, 5.41) is 7.91. The molecule has 0 saturated carbocycles. The fourth-order valence-electron chi connectivity index (χ4n) is 2.46. The molecule has 2 heterocycles. The molecule has 5 nitrogen and oxygen atoms in total. The zero-order valence-corrected chi connectivity index (χ0v) is 14.0. The molecule has 1 aromatic heterocycles. The van der Waals surface area contributed by atoms with Crippen molar-refractivity contribution in [2.75, 3.05) is 13.2 Å². The molecule has 1 aliphatic heterocycles. The first kappa shape index (κ1) is 15.7. The van der Waals surface area contributed by atoms with Crippen molar-refractivity contribution in [3.8, 4) is 11.5 Å². The molecule has 0 aliphatic carbocycles. The second-order valence-electron chi connectivity index (χ2n) is 5.48. The zero-order chi connectivity index (χ0) is 16.2. The Morgan fingerprint density at radius 2 is 1.83 bits per heavy atom. The van der Waals surface area contributed by atoms with Crippen LogP contribution in [-0.2, 0) is 0 Å². The van der Waals surface area contributed by atoms with Crippen LogP contribution in [0.15, 0.2) is 35.7 Å². The summed E-state index contributed by atoms with van der Waals surface area (Å²) < 4.78 is 11.1. The van der Waals surface area contributed by atoms with Gasteiger partial charge in [-0.3, -0.25) is 0 Å². The molecule has 3 rings (SSSR count). The van der Waals surface area contributed by atoms with Crippen molar-refractivity contribution < 1.29 is 14.3 Å². The number of rotatable bonds is 4. The number of ether oxygens (including phenoxy) is 2. The minimum Gasteiger partial charge on any atom is -0.486 e. The average molecular weight is 332 g/mol. The van der Waals surface area contributed by atoms with Crippen molar-refractivity contribution in [1.82, 2.24) is 10.6 Å². The number of hydrogen-bond acceptors (Lipinski definition) is 4. The Morgan fingerprint density at radius 3 is 2.57 bits per heavy atom. The maximum atomic E-state index is 12.1. The summed E-state index contributed by atoms with van der Waals surface area (Å²) in [6.45, 7) is 5.04. The number of urea groups is 1. The highest BCUT2D eigenvalue weighted by Gasteiger charge is 2.17. The molecule has 0 fully saturated rings. The quantitative estimate of drug-likeness (QED) is 0.898. The van der Waals surface area contributed by atoms with E-state index in [0.29, 0.717) is 13.2 Å². The second-order valence-corrected chi connectivity index (χ2v) is 6.46. The lowest BCUT2D eigenvalue weighted by Crippen LogP contribution is -2.38. The van der Waals surface area contributed by atoms with E-state index in [4.69, 9.17) is 9.47 Å². The summed E-state index contributed by atoms with van der Waals surface area (Å²) in [6.07, 6.45) is 0. The van der Waals surface area contributed by atoms with Crippen LogP contribution >= 0.6 is 11.3 Å². The van der Waals surface area contributed by atoms with Gasteiger partial charge in [-0.2, -0.15) is 0 Å². The minimum absolute atomic E-state index is 0.0116. The predicted molar refractivity (Wildman–Crippen MR) is 90.2 cm³/mol. The molecule has 0 bridgehead atoms. The van der Waals surface area contributed by atoms with Crippen molar-refractivity contribution in [3.63, 3.8) is 0 Å². The van der Waals surface area contributed by atoms with Crippen LogP contribution in [0.25, 0.3) is 0 Å². The molecular weight excluding hydrogens is 312 g/mol. The van der Waals surface area contributed by atoms with Gasteiger partial charge >= 0.3 is 6.03 Å². The van der Waals surface area contributed by atoms with Gasteiger partial charge in [0.05, 0.1) is 12.1 Å². The second kappa shape index (κ2) is 6.91. The molecule has 2 N–H and O–H groups in total. The summed E-state index contributed by atoms with van der Waals surface area (Å²) in [4.78, 5) is 13.3. The SMILES string of the molecule is C[C@@H](NC(=O)N[C@H](C)c1cccs1)c1ccc2c(c1)OCCO2. The lowest BCUT2D eigenvalue weighted by atomic mass is 10.1. The number of carbonyl (C=O) groups is 1. The summed E-state index contributed by atoms with van der Waals surface area (Å²) in [5.41, 5.74) is 0.980. The van der Waals surface area contributed by atoms with E-state index in [2.05, 4.69) is 10.6 Å². The van der Waals surface area contributed by atoms with Gasteiger partial charge in [-0.05, 0) is 43.0 Å². The summed E-state index contributed by atoms with van der Waals surface area (Å²) in [6, 6.07) is 9.42. The summed E-state index contributed by atoms with van der Waals surface area (Å²) in [7, 11) is 0. The number of fused-ring (bicyclic) bond motifs is 1. The Hall–Kier alpha value is -2.21. The molecule has 2 aromatic rings. The van der Waals surface area contributed by atoms with Gasteiger partial charge in [0, 0.05) is 4.88 Å². The molecule has 0 spiro atoms. The number of carbonyl (C=O) groups excluding carboxylic acids is 1. The molecule has 6 heteroatoms. The number of amides is 2. The molecule has 0 radical (unpaired) electrons. The van der Waals surface area contributed by atoms with Crippen LogP contribution in [-0.4, -0.2) is 19.2 Å². The number of hydrogen-bond donors (Lipinski definition) is 2. The average Bonchev–Trinajstić information content (AvgIpc) is 3.08. The van der Waals surface area contributed by atoms with Gasteiger partial charge in [-0.1, -0.05) is 12.1 Å². The normalized spacial score (nSPS) is 15.6. The monoisotopic (exact) mass is 332 g/mol. The smallest absolute Gasteiger partial charge is 0.315 e.